The van der Waals surface area contributed by atoms with Crippen LogP contribution >= 0.6 is 0 Å². The molecule has 1 atom stereocenters. The number of hydrogen-bond acceptors (Lipinski definition) is 3. The van der Waals surface area contributed by atoms with Gasteiger partial charge in [-0.1, -0.05) is 30.3 Å². The van der Waals surface area contributed by atoms with Gasteiger partial charge in [0.25, 0.3) is 0 Å². The number of carbonyl (C=O) groups excluding carboxylic acids is 1. The van der Waals surface area contributed by atoms with Gasteiger partial charge in [0.2, 0.25) is 5.91 Å². The van der Waals surface area contributed by atoms with Gasteiger partial charge in [0.05, 0.1) is 6.61 Å². The molecule has 140 valence electrons. The molecule has 1 amide bonds. The molecule has 1 aliphatic rings. The highest BCUT2D eigenvalue weighted by atomic mass is 16.5. The number of amides is 1. The number of nitrogens with one attached hydrogen (secondary N) is 1. The van der Waals surface area contributed by atoms with Crippen LogP contribution in [-0.4, -0.2) is 48.7 Å². The van der Waals surface area contributed by atoms with E-state index < -0.39 is 0 Å². The van der Waals surface area contributed by atoms with Crippen LogP contribution in [0.1, 0.15) is 17.7 Å². The van der Waals surface area contributed by atoms with Gasteiger partial charge < -0.3 is 14.6 Å². The van der Waals surface area contributed by atoms with E-state index >= 15 is 0 Å². The van der Waals surface area contributed by atoms with E-state index in [2.05, 4.69) is 63.4 Å². The molecule has 1 aromatic heterocycles. The molecule has 0 saturated heterocycles. The lowest BCUT2D eigenvalue weighted by Crippen LogP contribution is -2.34. The topological polar surface area (TPSA) is 46.5 Å². The first-order valence-corrected chi connectivity index (χ1v) is 9.40. The van der Waals surface area contributed by atoms with Crippen LogP contribution in [0.5, 0.6) is 0 Å². The Morgan fingerprint density at radius 2 is 2.04 bits per heavy atom. The van der Waals surface area contributed by atoms with E-state index in [0.29, 0.717) is 25.5 Å². The zero-order chi connectivity index (χ0) is 18.2. The van der Waals surface area contributed by atoms with Crippen LogP contribution in [0.25, 0.3) is 0 Å². The average molecular weight is 355 g/mol. The quantitative estimate of drug-likeness (QED) is 0.739. The SMILES string of the molecule is COCCNC(=O)C[C@H]1CN(CCc2ccccc2)Cc2cccn2C1. The second-order valence-electron chi connectivity index (χ2n) is 7.04. The number of methoxy groups -OCH3 is 1. The maximum Gasteiger partial charge on any atom is 0.220 e. The number of aromatic nitrogens is 1. The molecule has 0 bridgehead atoms. The number of nitrogens with zero attached hydrogens (tertiary/aromatic N) is 2. The molecule has 0 unspecified atom stereocenters. The molecule has 26 heavy (non-hydrogen) atoms. The molecule has 0 saturated carbocycles. The van der Waals surface area contributed by atoms with Gasteiger partial charge in [0.15, 0.2) is 0 Å². The van der Waals surface area contributed by atoms with Crippen LogP contribution in [0, 0.1) is 5.92 Å². The lowest BCUT2D eigenvalue weighted by atomic mass is 10.0. The highest BCUT2D eigenvalue weighted by Crippen LogP contribution is 2.20. The zero-order valence-corrected chi connectivity index (χ0v) is 15.6. The summed E-state index contributed by atoms with van der Waals surface area (Å²) in [7, 11) is 1.65. The van der Waals surface area contributed by atoms with E-state index in [0.717, 1.165) is 32.6 Å². The van der Waals surface area contributed by atoms with Gasteiger partial charge in [0, 0.05) is 58.1 Å². The molecule has 1 aliphatic heterocycles. The highest BCUT2D eigenvalue weighted by Gasteiger charge is 2.23. The number of rotatable bonds is 8. The first-order chi connectivity index (χ1) is 12.7. The van der Waals surface area contributed by atoms with Crippen LogP contribution in [0.15, 0.2) is 48.7 Å². The molecule has 1 aromatic carbocycles. The van der Waals surface area contributed by atoms with Gasteiger partial charge in [-0.15, -0.1) is 0 Å². The van der Waals surface area contributed by atoms with Gasteiger partial charge in [-0.25, -0.2) is 0 Å². The predicted molar refractivity (Wildman–Crippen MR) is 103 cm³/mol. The molecular weight excluding hydrogens is 326 g/mol. The number of carbonyl (C=O) groups is 1. The Bertz CT molecular complexity index is 684. The third kappa shape index (κ3) is 5.44. The van der Waals surface area contributed by atoms with E-state index in [-0.39, 0.29) is 5.91 Å². The third-order valence-electron chi connectivity index (χ3n) is 4.94. The fourth-order valence-electron chi connectivity index (χ4n) is 3.62. The van der Waals surface area contributed by atoms with Crippen LogP contribution < -0.4 is 5.32 Å². The minimum Gasteiger partial charge on any atom is -0.383 e. The summed E-state index contributed by atoms with van der Waals surface area (Å²) in [5.74, 6) is 0.438. The minimum absolute atomic E-state index is 0.116. The highest BCUT2D eigenvalue weighted by molar-refractivity contribution is 5.76. The zero-order valence-electron chi connectivity index (χ0n) is 15.6. The summed E-state index contributed by atoms with van der Waals surface area (Å²) >= 11 is 0. The Kier molecular flexibility index (Phi) is 6.86. The number of benzene rings is 1. The maximum absolute atomic E-state index is 12.2. The Hall–Kier alpha value is -2.11. The summed E-state index contributed by atoms with van der Waals surface area (Å²) < 4.78 is 7.30. The van der Waals surface area contributed by atoms with Gasteiger partial charge >= 0.3 is 0 Å². The van der Waals surface area contributed by atoms with Gasteiger partial charge in [-0.3, -0.25) is 9.69 Å². The van der Waals surface area contributed by atoms with Crippen molar-refractivity contribution in [3.8, 4) is 0 Å². The standard InChI is InChI=1S/C21H29N3O2/c1-26-13-10-22-21(25)14-19-15-23(12-9-18-6-3-2-4-7-18)17-20-8-5-11-24(20)16-19/h2-8,11,19H,9-10,12-17H2,1H3,(H,22,25)/t19-/m0/s1. The molecule has 2 heterocycles. The second-order valence-corrected chi connectivity index (χ2v) is 7.04. The monoisotopic (exact) mass is 355 g/mol. The summed E-state index contributed by atoms with van der Waals surface area (Å²) in [6, 6.07) is 14.9. The summed E-state index contributed by atoms with van der Waals surface area (Å²) in [5.41, 5.74) is 2.70. The summed E-state index contributed by atoms with van der Waals surface area (Å²) in [4.78, 5) is 14.7. The molecule has 0 aliphatic carbocycles. The van der Waals surface area contributed by atoms with Crippen molar-refractivity contribution in [2.24, 2.45) is 5.92 Å². The molecular formula is C21H29N3O2. The third-order valence-corrected chi connectivity index (χ3v) is 4.94. The molecule has 3 rings (SSSR count). The minimum atomic E-state index is 0.116. The first kappa shape index (κ1) is 18.7. The lowest BCUT2D eigenvalue weighted by molar-refractivity contribution is -0.122. The van der Waals surface area contributed by atoms with Crippen molar-refractivity contribution in [1.82, 2.24) is 14.8 Å². The molecule has 5 nitrogen and oxygen atoms in total. The van der Waals surface area contributed by atoms with Crippen LogP contribution in [0.3, 0.4) is 0 Å². The molecule has 0 spiro atoms. The van der Waals surface area contributed by atoms with Gasteiger partial charge in [-0.2, -0.15) is 0 Å². The Labute approximate surface area is 156 Å². The Morgan fingerprint density at radius 1 is 1.19 bits per heavy atom. The molecule has 0 radical (unpaired) electrons. The normalized spacial score (nSPS) is 17.5. The van der Waals surface area contributed by atoms with Crippen molar-refractivity contribution in [3.63, 3.8) is 0 Å². The molecule has 0 fully saturated rings. The summed E-state index contributed by atoms with van der Waals surface area (Å²) in [6.07, 6.45) is 3.73. The van der Waals surface area contributed by atoms with E-state index in [9.17, 15) is 4.79 Å². The first-order valence-electron chi connectivity index (χ1n) is 9.40. The largest absolute Gasteiger partial charge is 0.383 e. The van der Waals surface area contributed by atoms with Crippen LogP contribution in [-0.2, 0) is 29.0 Å². The second kappa shape index (κ2) is 9.55. The van der Waals surface area contributed by atoms with E-state index in [1.807, 2.05) is 0 Å². The molecule has 5 heteroatoms. The van der Waals surface area contributed by atoms with Crippen LogP contribution in [0.4, 0.5) is 0 Å². The summed E-state index contributed by atoms with van der Waals surface area (Å²) in [6.45, 7) is 4.95. The lowest BCUT2D eigenvalue weighted by Gasteiger charge is -2.23. The predicted octanol–water partition coefficient (Wildman–Crippen LogP) is 2.32. The van der Waals surface area contributed by atoms with Crippen molar-refractivity contribution in [2.45, 2.75) is 25.9 Å². The number of fused-ring (bicyclic) bond motifs is 1. The smallest absolute Gasteiger partial charge is 0.220 e. The molecule has 2 aromatic rings. The van der Waals surface area contributed by atoms with Crippen molar-refractivity contribution in [2.75, 3.05) is 33.4 Å². The van der Waals surface area contributed by atoms with Crippen molar-refractivity contribution < 1.29 is 9.53 Å². The van der Waals surface area contributed by atoms with Gasteiger partial charge in [0.1, 0.15) is 0 Å². The van der Waals surface area contributed by atoms with Crippen molar-refractivity contribution >= 4 is 5.91 Å². The number of ether oxygens (including phenoxy) is 1. The van der Waals surface area contributed by atoms with E-state index in [1.54, 1.807) is 7.11 Å². The van der Waals surface area contributed by atoms with Crippen molar-refractivity contribution in [1.29, 1.82) is 0 Å². The maximum atomic E-state index is 12.2. The fraction of sp³-hybridized carbons (Fsp3) is 0.476. The van der Waals surface area contributed by atoms with Gasteiger partial charge in [-0.05, 0) is 30.0 Å². The van der Waals surface area contributed by atoms with Crippen molar-refractivity contribution in [3.05, 3.63) is 59.9 Å². The fourth-order valence-corrected chi connectivity index (χ4v) is 3.62. The summed E-state index contributed by atoms with van der Waals surface area (Å²) in [5, 5.41) is 2.95. The average Bonchev–Trinajstić information content (AvgIpc) is 3.00. The Balaban J connectivity index is 1.60. The van der Waals surface area contributed by atoms with E-state index in [1.165, 1.54) is 11.3 Å². The van der Waals surface area contributed by atoms with Crippen LogP contribution in [0.2, 0.25) is 0 Å². The Morgan fingerprint density at radius 3 is 2.85 bits per heavy atom. The number of hydrogen-bond donors (Lipinski definition) is 1. The van der Waals surface area contributed by atoms with E-state index in [4.69, 9.17) is 4.74 Å². The molecule has 1 N–H and O–H groups in total.